The lowest BCUT2D eigenvalue weighted by Gasteiger charge is -2.24. The Bertz CT molecular complexity index is 371. The first-order chi connectivity index (χ1) is 7.63. The molecule has 88 valence electrons. The summed E-state index contributed by atoms with van der Waals surface area (Å²) in [5.41, 5.74) is 1.22. The first kappa shape index (κ1) is 11.4. The maximum atomic E-state index is 10.3. The molecule has 0 bridgehead atoms. The van der Waals surface area contributed by atoms with E-state index >= 15 is 0 Å². The van der Waals surface area contributed by atoms with E-state index in [1.807, 2.05) is 18.2 Å². The Labute approximate surface area is 95.7 Å². The van der Waals surface area contributed by atoms with E-state index in [1.165, 1.54) is 5.56 Å². The van der Waals surface area contributed by atoms with Crippen LogP contribution in [0.1, 0.15) is 30.9 Å². The Kier molecular flexibility index (Phi) is 3.17. The predicted octanol–water partition coefficient (Wildman–Crippen LogP) is 1.60. The van der Waals surface area contributed by atoms with Crippen molar-refractivity contribution in [1.82, 2.24) is 0 Å². The van der Waals surface area contributed by atoms with E-state index < -0.39 is 5.60 Å². The smallest absolute Gasteiger partial charge is 0.122 e. The third-order valence-electron chi connectivity index (χ3n) is 3.13. The van der Waals surface area contributed by atoms with Gasteiger partial charge in [-0.05, 0) is 43.0 Å². The van der Waals surface area contributed by atoms with E-state index in [4.69, 9.17) is 9.84 Å². The van der Waals surface area contributed by atoms with Crippen LogP contribution in [-0.2, 0) is 12.0 Å². The molecule has 3 nitrogen and oxygen atoms in total. The van der Waals surface area contributed by atoms with Crippen LogP contribution in [0.15, 0.2) is 18.2 Å². The molecule has 1 atom stereocenters. The third-order valence-corrected chi connectivity index (χ3v) is 3.13. The molecule has 1 heterocycles. The molecule has 0 aliphatic carbocycles. The third kappa shape index (κ3) is 2.20. The lowest BCUT2D eigenvalue weighted by Crippen LogP contribution is -2.21. The molecular weight excluding hydrogens is 204 g/mol. The molecule has 16 heavy (non-hydrogen) atoms. The highest BCUT2D eigenvalue weighted by atomic mass is 16.5. The second kappa shape index (κ2) is 4.44. The zero-order valence-corrected chi connectivity index (χ0v) is 9.57. The molecule has 0 aromatic heterocycles. The fourth-order valence-electron chi connectivity index (χ4n) is 2.09. The van der Waals surface area contributed by atoms with Crippen molar-refractivity contribution in [2.75, 3.05) is 13.2 Å². The summed E-state index contributed by atoms with van der Waals surface area (Å²) < 4.78 is 5.43. The highest BCUT2D eigenvalue weighted by Crippen LogP contribution is 2.32. The Hall–Kier alpha value is -1.06. The van der Waals surface area contributed by atoms with Gasteiger partial charge >= 0.3 is 0 Å². The van der Waals surface area contributed by atoms with E-state index in [2.05, 4.69) is 0 Å². The molecule has 0 saturated carbocycles. The van der Waals surface area contributed by atoms with E-state index in [-0.39, 0.29) is 6.61 Å². The van der Waals surface area contributed by atoms with Gasteiger partial charge in [0.1, 0.15) is 5.75 Å². The van der Waals surface area contributed by atoms with Gasteiger partial charge in [-0.1, -0.05) is 6.07 Å². The summed E-state index contributed by atoms with van der Waals surface area (Å²) in [6, 6.07) is 5.84. The molecule has 0 radical (unpaired) electrons. The molecule has 2 N–H and O–H groups in total. The summed E-state index contributed by atoms with van der Waals surface area (Å²) in [6.07, 6.45) is 2.10. The standard InChI is InChI=1S/C13H18O3/c1-13(15,6-2-7-14)11-3-4-12-10(9-11)5-8-16-12/h3-4,9,14-15H,2,5-8H2,1H3. The van der Waals surface area contributed by atoms with Crippen molar-refractivity contribution in [1.29, 1.82) is 0 Å². The molecule has 3 heteroatoms. The maximum Gasteiger partial charge on any atom is 0.122 e. The van der Waals surface area contributed by atoms with Gasteiger partial charge in [-0.2, -0.15) is 0 Å². The summed E-state index contributed by atoms with van der Waals surface area (Å²) in [5.74, 6) is 0.932. The fraction of sp³-hybridized carbons (Fsp3) is 0.538. The summed E-state index contributed by atoms with van der Waals surface area (Å²) in [5, 5.41) is 19.1. The van der Waals surface area contributed by atoms with Crippen molar-refractivity contribution in [2.24, 2.45) is 0 Å². The first-order valence-corrected chi connectivity index (χ1v) is 5.73. The van der Waals surface area contributed by atoms with Gasteiger partial charge < -0.3 is 14.9 Å². The molecule has 1 aliphatic heterocycles. The van der Waals surface area contributed by atoms with Crippen molar-refractivity contribution in [3.8, 4) is 5.75 Å². The average molecular weight is 222 g/mol. The van der Waals surface area contributed by atoms with Crippen LogP contribution in [-0.4, -0.2) is 23.4 Å². The molecule has 1 aromatic rings. The normalized spacial score (nSPS) is 17.7. The molecule has 0 spiro atoms. The average Bonchev–Trinajstić information content (AvgIpc) is 2.73. The summed E-state index contributed by atoms with van der Waals surface area (Å²) >= 11 is 0. The zero-order chi connectivity index (χ0) is 11.6. The van der Waals surface area contributed by atoms with Crippen LogP contribution in [0.4, 0.5) is 0 Å². The molecular formula is C13H18O3. The molecule has 0 saturated heterocycles. The van der Waals surface area contributed by atoms with Gasteiger partial charge in [-0.25, -0.2) is 0 Å². The van der Waals surface area contributed by atoms with Crippen LogP contribution in [0.5, 0.6) is 5.75 Å². The lowest BCUT2D eigenvalue weighted by molar-refractivity contribution is 0.0403. The van der Waals surface area contributed by atoms with Gasteiger partial charge in [0, 0.05) is 13.0 Å². The van der Waals surface area contributed by atoms with E-state index in [1.54, 1.807) is 6.92 Å². The molecule has 1 aliphatic rings. The molecule has 1 aromatic carbocycles. The first-order valence-electron chi connectivity index (χ1n) is 5.73. The van der Waals surface area contributed by atoms with Crippen LogP contribution in [0, 0.1) is 0 Å². The second-order valence-electron chi connectivity index (χ2n) is 4.52. The topological polar surface area (TPSA) is 49.7 Å². The lowest BCUT2D eigenvalue weighted by atomic mass is 9.90. The highest BCUT2D eigenvalue weighted by molar-refractivity contribution is 5.41. The minimum absolute atomic E-state index is 0.115. The van der Waals surface area contributed by atoms with E-state index in [0.29, 0.717) is 12.8 Å². The van der Waals surface area contributed by atoms with E-state index in [0.717, 1.165) is 24.3 Å². The van der Waals surface area contributed by atoms with Crippen molar-refractivity contribution < 1.29 is 14.9 Å². The van der Waals surface area contributed by atoms with Crippen LogP contribution in [0.3, 0.4) is 0 Å². The molecule has 0 fully saturated rings. The largest absolute Gasteiger partial charge is 0.493 e. The number of ether oxygens (including phenoxy) is 1. The van der Waals surface area contributed by atoms with Gasteiger partial charge in [-0.3, -0.25) is 0 Å². The number of hydrogen-bond acceptors (Lipinski definition) is 3. The van der Waals surface area contributed by atoms with Gasteiger partial charge in [-0.15, -0.1) is 0 Å². The minimum Gasteiger partial charge on any atom is -0.493 e. The van der Waals surface area contributed by atoms with Gasteiger partial charge in [0.15, 0.2) is 0 Å². The zero-order valence-electron chi connectivity index (χ0n) is 9.57. The highest BCUT2D eigenvalue weighted by Gasteiger charge is 2.24. The minimum atomic E-state index is -0.861. The van der Waals surface area contributed by atoms with Crippen molar-refractivity contribution in [3.63, 3.8) is 0 Å². The monoisotopic (exact) mass is 222 g/mol. The number of aliphatic hydroxyl groups excluding tert-OH is 1. The molecule has 1 unspecified atom stereocenters. The number of aliphatic hydroxyl groups is 2. The van der Waals surface area contributed by atoms with Gasteiger partial charge in [0.2, 0.25) is 0 Å². The summed E-state index contributed by atoms with van der Waals surface area (Å²) in [6.45, 7) is 2.64. The predicted molar refractivity (Wildman–Crippen MR) is 61.5 cm³/mol. The Morgan fingerprint density at radius 1 is 1.44 bits per heavy atom. The Morgan fingerprint density at radius 3 is 3.00 bits per heavy atom. The van der Waals surface area contributed by atoms with E-state index in [9.17, 15) is 5.11 Å². The second-order valence-corrected chi connectivity index (χ2v) is 4.52. The number of hydrogen-bond donors (Lipinski definition) is 2. The number of benzene rings is 1. The Morgan fingerprint density at radius 2 is 2.25 bits per heavy atom. The fourth-order valence-corrected chi connectivity index (χ4v) is 2.09. The molecule has 2 rings (SSSR count). The summed E-state index contributed by atoms with van der Waals surface area (Å²) in [4.78, 5) is 0. The van der Waals surface area contributed by atoms with Gasteiger partial charge in [0.05, 0.1) is 12.2 Å². The quantitative estimate of drug-likeness (QED) is 0.813. The van der Waals surface area contributed by atoms with Crippen molar-refractivity contribution >= 4 is 0 Å². The maximum absolute atomic E-state index is 10.3. The van der Waals surface area contributed by atoms with Crippen LogP contribution in [0.2, 0.25) is 0 Å². The number of rotatable bonds is 4. The number of fused-ring (bicyclic) bond motifs is 1. The van der Waals surface area contributed by atoms with Gasteiger partial charge in [0.25, 0.3) is 0 Å². The summed E-state index contributed by atoms with van der Waals surface area (Å²) in [7, 11) is 0. The van der Waals surface area contributed by atoms with Crippen LogP contribution < -0.4 is 4.74 Å². The van der Waals surface area contributed by atoms with Crippen molar-refractivity contribution in [2.45, 2.75) is 31.8 Å². The molecule has 0 amide bonds. The Balaban J connectivity index is 2.20. The van der Waals surface area contributed by atoms with Crippen LogP contribution in [0.25, 0.3) is 0 Å². The van der Waals surface area contributed by atoms with Crippen molar-refractivity contribution in [3.05, 3.63) is 29.3 Å². The van der Waals surface area contributed by atoms with Crippen LogP contribution >= 0.6 is 0 Å². The SMILES string of the molecule is CC(O)(CCCO)c1ccc2c(c1)CCO2.